The quantitative estimate of drug-likeness (QED) is 0.303. The van der Waals surface area contributed by atoms with E-state index < -0.39 is 0 Å². The molecule has 9 heteroatoms. The Labute approximate surface area is 200 Å². The van der Waals surface area contributed by atoms with Gasteiger partial charge in [-0.15, -0.1) is 0 Å². The second-order valence-electron chi connectivity index (χ2n) is 7.29. The second-order valence-corrected chi connectivity index (χ2v) is 9.17. The van der Waals surface area contributed by atoms with Crippen molar-refractivity contribution >= 4 is 51.0 Å². The molecule has 0 aliphatic carbocycles. The molecule has 170 valence electrons. The zero-order valence-corrected chi connectivity index (χ0v) is 20.3. The molecule has 1 aliphatic heterocycles. The first-order chi connectivity index (χ1) is 15.6. The van der Waals surface area contributed by atoms with Crippen molar-refractivity contribution in [2.24, 2.45) is 5.92 Å². The van der Waals surface area contributed by atoms with E-state index in [1.807, 2.05) is 36.4 Å². The lowest BCUT2D eigenvalue weighted by molar-refractivity contribution is -0.122. The van der Waals surface area contributed by atoms with Gasteiger partial charge in [0.05, 0.1) is 18.1 Å². The summed E-state index contributed by atoms with van der Waals surface area (Å²) in [7, 11) is 1.71. The molecule has 0 atom stereocenters. The first kappa shape index (κ1) is 24.3. The number of aromatic nitrogens is 2. The molecule has 0 saturated carbocycles. The van der Waals surface area contributed by atoms with Gasteiger partial charge in [-0.2, -0.15) is 0 Å². The molecule has 1 aliphatic rings. The lowest BCUT2D eigenvalue weighted by Gasteiger charge is -2.23. The Hall–Kier alpha value is -2.36. The van der Waals surface area contributed by atoms with Crippen molar-refractivity contribution in [2.45, 2.75) is 23.6 Å². The number of nitrogens with one attached hydrogen (secondary N) is 2. The van der Waals surface area contributed by atoms with Crippen LogP contribution >= 0.6 is 27.7 Å². The van der Waals surface area contributed by atoms with Gasteiger partial charge in [0.25, 0.3) is 6.47 Å². The van der Waals surface area contributed by atoms with E-state index in [0.29, 0.717) is 5.92 Å². The van der Waals surface area contributed by atoms with Crippen molar-refractivity contribution in [3.8, 4) is 5.75 Å². The first-order valence-electron chi connectivity index (χ1n) is 10.4. The number of carboxylic acid groups (broad SMARTS) is 1. The normalized spacial score (nSPS) is 13.8. The third kappa shape index (κ3) is 6.82. The van der Waals surface area contributed by atoms with Crippen LogP contribution in [0.2, 0.25) is 0 Å². The largest absolute Gasteiger partial charge is 0.496 e. The Morgan fingerprint density at radius 2 is 1.91 bits per heavy atom. The maximum atomic E-state index is 8.36. The Kier molecular flexibility index (Phi) is 9.58. The summed E-state index contributed by atoms with van der Waals surface area (Å²) < 4.78 is 6.57. The molecule has 0 spiro atoms. The average molecular weight is 519 g/mol. The summed E-state index contributed by atoms with van der Waals surface area (Å²) in [5.74, 6) is 3.20. The Morgan fingerprint density at radius 3 is 2.59 bits per heavy atom. The number of piperidine rings is 1. The molecule has 2 heterocycles. The highest BCUT2D eigenvalue weighted by Gasteiger charge is 2.16. The average Bonchev–Trinajstić information content (AvgIpc) is 2.82. The third-order valence-electron chi connectivity index (χ3n) is 5.16. The molecule has 4 rings (SSSR count). The number of thioether (sulfide) groups is 1. The molecule has 0 bridgehead atoms. The number of benzene rings is 2. The van der Waals surface area contributed by atoms with Gasteiger partial charge in [-0.25, -0.2) is 9.97 Å². The van der Waals surface area contributed by atoms with Gasteiger partial charge in [-0.05, 0) is 62.2 Å². The number of anilines is 1. The summed E-state index contributed by atoms with van der Waals surface area (Å²) in [5, 5.41) is 14.8. The van der Waals surface area contributed by atoms with Crippen LogP contribution < -0.4 is 15.4 Å². The van der Waals surface area contributed by atoms with E-state index in [0.717, 1.165) is 63.1 Å². The van der Waals surface area contributed by atoms with Crippen LogP contribution in [0.5, 0.6) is 5.75 Å². The first-order valence-corrected chi connectivity index (χ1v) is 12.2. The number of hydrogen-bond donors (Lipinski definition) is 3. The summed E-state index contributed by atoms with van der Waals surface area (Å²) in [6.45, 7) is 2.88. The minimum atomic E-state index is -0.250. The molecule has 2 aromatic carbocycles. The van der Waals surface area contributed by atoms with Gasteiger partial charge in [-0.3, -0.25) is 4.79 Å². The van der Waals surface area contributed by atoms with Gasteiger partial charge in [0.15, 0.2) is 5.82 Å². The monoisotopic (exact) mass is 518 g/mol. The Bertz CT molecular complexity index is 1030. The smallest absolute Gasteiger partial charge is 0.290 e. The molecule has 3 aromatic rings. The SMILES string of the molecule is COc1ccc(Br)cc1CSc1nc2ccccc2nc1NCC1CCNCC1.O=CO. The van der Waals surface area contributed by atoms with Crippen molar-refractivity contribution in [2.75, 3.05) is 32.1 Å². The molecule has 1 fully saturated rings. The standard InChI is InChI=1S/C22H25BrN4OS.CH2O2/c1-28-20-7-6-17(23)12-16(20)14-29-22-21(25-13-15-8-10-24-11-9-15)26-18-4-2-3-5-19(18)27-22;2-1-3/h2-7,12,15,24H,8-11,13-14H2,1H3,(H,25,26);1H,(H,2,3). The van der Waals surface area contributed by atoms with Crippen LogP contribution in [0.1, 0.15) is 18.4 Å². The fraction of sp³-hybridized carbons (Fsp3) is 0.348. The van der Waals surface area contributed by atoms with Crippen molar-refractivity contribution in [3.05, 3.63) is 52.5 Å². The van der Waals surface area contributed by atoms with E-state index in [9.17, 15) is 0 Å². The van der Waals surface area contributed by atoms with E-state index in [1.54, 1.807) is 18.9 Å². The van der Waals surface area contributed by atoms with Gasteiger partial charge < -0.3 is 20.5 Å². The number of halogens is 1. The van der Waals surface area contributed by atoms with E-state index >= 15 is 0 Å². The fourth-order valence-corrected chi connectivity index (χ4v) is 4.88. The Balaban J connectivity index is 0.000000913. The second kappa shape index (κ2) is 12.6. The zero-order valence-electron chi connectivity index (χ0n) is 17.9. The van der Waals surface area contributed by atoms with E-state index in [4.69, 9.17) is 24.6 Å². The molecule has 0 amide bonds. The summed E-state index contributed by atoms with van der Waals surface area (Å²) in [5.41, 5.74) is 2.97. The fourth-order valence-electron chi connectivity index (χ4n) is 3.53. The van der Waals surface area contributed by atoms with E-state index in [-0.39, 0.29) is 6.47 Å². The molecule has 32 heavy (non-hydrogen) atoms. The number of methoxy groups -OCH3 is 1. The van der Waals surface area contributed by atoms with Crippen LogP contribution in [0.15, 0.2) is 52.0 Å². The highest BCUT2D eigenvalue weighted by Crippen LogP contribution is 2.33. The number of ether oxygens (including phenoxy) is 1. The molecule has 1 saturated heterocycles. The van der Waals surface area contributed by atoms with Gasteiger partial charge in [0.2, 0.25) is 0 Å². The lowest BCUT2D eigenvalue weighted by Crippen LogP contribution is -2.31. The number of carbonyl (C=O) groups is 1. The molecule has 7 nitrogen and oxygen atoms in total. The van der Waals surface area contributed by atoms with Crippen LogP contribution in [0, 0.1) is 5.92 Å². The highest BCUT2D eigenvalue weighted by atomic mass is 79.9. The number of hydrogen-bond acceptors (Lipinski definition) is 7. The van der Waals surface area contributed by atoms with Crippen molar-refractivity contribution < 1.29 is 14.6 Å². The molecular formula is C23H27BrN4O3S. The number of fused-ring (bicyclic) bond motifs is 1. The van der Waals surface area contributed by atoms with Gasteiger partial charge in [-0.1, -0.05) is 39.8 Å². The predicted molar refractivity (Wildman–Crippen MR) is 133 cm³/mol. The lowest BCUT2D eigenvalue weighted by atomic mass is 9.98. The molecule has 1 aromatic heterocycles. The number of rotatable bonds is 7. The van der Waals surface area contributed by atoms with Crippen molar-refractivity contribution in [1.82, 2.24) is 15.3 Å². The van der Waals surface area contributed by atoms with Crippen LogP contribution in [-0.2, 0) is 10.5 Å². The summed E-state index contributed by atoms with van der Waals surface area (Å²) >= 11 is 5.25. The minimum absolute atomic E-state index is 0.250. The molecule has 0 radical (unpaired) electrons. The van der Waals surface area contributed by atoms with Crippen LogP contribution in [0.4, 0.5) is 5.82 Å². The zero-order chi connectivity index (χ0) is 22.8. The van der Waals surface area contributed by atoms with Crippen LogP contribution in [-0.4, -0.2) is 48.3 Å². The van der Waals surface area contributed by atoms with Crippen molar-refractivity contribution in [1.29, 1.82) is 0 Å². The minimum Gasteiger partial charge on any atom is -0.496 e. The summed E-state index contributed by atoms with van der Waals surface area (Å²) in [6, 6.07) is 14.1. The summed E-state index contributed by atoms with van der Waals surface area (Å²) in [6.07, 6.45) is 2.40. The van der Waals surface area contributed by atoms with Gasteiger partial charge in [0.1, 0.15) is 10.8 Å². The predicted octanol–water partition coefficient (Wildman–Crippen LogP) is 4.81. The maximum Gasteiger partial charge on any atom is 0.290 e. The maximum absolute atomic E-state index is 8.36. The van der Waals surface area contributed by atoms with E-state index in [1.165, 1.54) is 12.8 Å². The van der Waals surface area contributed by atoms with Crippen LogP contribution in [0.25, 0.3) is 11.0 Å². The van der Waals surface area contributed by atoms with Gasteiger partial charge >= 0.3 is 0 Å². The molecule has 0 unspecified atom stereocenters. The number of nitrogens with zero attached hydrogens (tertiary/aromatic N) is 2. The van der Waals surface area contributed by atoms with Crippen LogP contribution in [0.3, 0.4) is 0 Å². The van der Waals surface area contributed by atoms with Crippen molar-refractivity contribution in [3.63, 3.8) is 0 Å². The molecule has 3 N–H and O–H groups in total. The highest BCUT2D eigenvalue weighted by molar-refractivity contribution is 9.10. The third-order valence-corrected chi connectivity index (χ3v) is 6.67. The Morgan fingerprint density at radius 1 is 1.22 bits per heavy atom. The van der Waals surface area contributed by atoms with Gasteiger partial charge in [0, 0.05) is 22.3 Å². The molecular weight excluding hydrogens is 492 g/mol. The number of para-hydroxylation sites is 2. The van der Waals surface area contributed by atoms with E-state index in [2.05, 4.69) is 32.6 Å². The topological polar surface area (TPSA) is 96.4 Å². The summed E-state index contributed by atoms with van der Waals surface area (Å²) in [4.78, 5) is 18.1.